The van der Waals surface area contributed by atoms with E-state index in [0.29, 0.717) is 18.5 Å². The molecule has 1 aromatic heterocycles. The summed E-state index contributed by atoms with van der Waals surface area (Å²) in [7, 11) is -3.79. The fraction of sp³-hybridized carbons (Fsp3) is 0.294. The zero-order valence-corrected chi connectivity index (χ0v) is 14.3. The number of nitrogens with zero attached hydrogens (tertiary/aromatic N) is 2. The van der Waals surface area contributed by atoms with Gasteiger partial charge in [0.25, 0.3) is 5.91 Å². The highest BCUT2D eigenvalue weighted by Crippen LogP contribution is 2.23. The summed E-state index contributed by atoms with van der Waals surface area (Å²) in [6.45, 7) is 0.699. The van der Waals surface area contributed by atoms with Crippen LogP contribution in [-0.2, 0) is 16.4 Å². The summed E-state index contributed by atoms with van der Waals surface area (Å²) in [6, 6.07) is 9.27. The number of sulfonamides is 1. The fourth-order valence-corrected chi connectivity index (χ4v) is 3.53. The standard InChI is InChI=1S/C17H19N3O4S/c18-25(23,24)15-3-1-13(2-4-15)17(22)20-10-14(16(21)11-20)9-12-5-7-19-8-6-12/h1-8,14,16,21H,9-11H2,(H2,18,23,24)/t14-,16+/m1/s1. The van der Waals surface area contributed by atoms with Crippen LogP contribution in [0, 0.1) is 5.92 Å². The van der Waals surface area contributed by atoms with Crippen molar-refractivity contribution in [3.05, 3.63) is 59.9 Å². The molecule has 2 aromatic rings. The SMILES string of the molecule is NS(=O)(=O)c1ccc(C(=O)N2C[C@@H](Cc3ccncc3)[C@@H](O)C2)cc1. The molecule has 1 aliphatic rings. The second-order valence-corrected chi connectivity index (χ2v) is 7.73. The Morgan fingerprint density at radius 3 is 2.40 bits per heavy atom. The van der Waals surface area contributed by atoms with Crippen LogP contribution >= 0.6 is 0 Å². The molecule has 25 heavy (non-hydrogen) atoms. The van der Waals surface area contributed by atoms with Crippen LogP contribution in [0.4, 0.5) is 0 Å². The molecule has 0 aliphatic carbocycles. The number of amides is 1. The highest BCUT2D eigenvalue weighted by molar-refractivity contribution is 7.89. The van der Waals surface area contributed by atoms with Crippen LogP contribution < -0.4 is 5.14 Å². The number of likely N-dealkylation sites (tertiary alicyclic amines) is 1. The molecule has 1 fully saturated rings. The van der Waals surface area contributed by atoms with Gasteiger partial charge in [0.1, 0.15) is 0 Å². The largest absolute Gasteiger partial charge is 0.391 e. The molecule has 1 aliphatic heterocycles. The number of aromatic nitrogens is 1. The summed E-state index contributed by atoms with van der Waals surface area (Å²) in [5.41, 5.74) is 1.43. The lowest BCUT2D eigenvalue weighted by molar-refractivity contribution is 0.0764. The molecule has 2 heterocycles. The second kappa shape index (κ2) is 6.91. The van der Waals surface area contributed by atoms with Crippen LogP contribution in [0.5, 0.6) is 0 Å². The van der Waals surface area contributed by atoms with E-state index in [1.807, 2.05) is 12.1 Å². The Labute approximate surface area is 146 Å². The fourth-order valence-electron chi connectivity index (χ4n) is 3.01. The van der Waals surface area contributed by atoms with Crippen molar-refractivity contribution in [3.63, 3.8) is 0 Å². The number of nitrogens with two attached hydrogens (primary N) is 1. The minimum atomic E-state index is -3.79. The van der Waals surface area contributed by atoms with Crippen molar-refractivity contribution in [3.8, 4) is 0 Å². The van der Waals surface area contributed by atoms with Crippen molar-refractivity contribution < 1.29 is 18.3 Å². The van der Waals surface area contributed by atoms with Gasteiger partial charge in [0.15, 0.2) is 0 Å². The lowest BCUT2D eigenvalue weighted by atomic mass is 9.97. The van der Waals surface area contributed by atoms with Gasteiger partial charge in [-0.3, -0.25) is 9.78 Å². The third kappa shape index (κ3) is 4.04. The van der Waals surface area contributed by atoms with Gasteiger partial charge in [0.05, 0.1) is 11.0 Å². The number of carbonyl (C=O) groups is 1. The summed E-state index contributed by atoms with van der Waals surface area (Å²) in [4.78, 5) is 18.1. The molecule has 3 N–H and O–H groups in total. The first kappa shape index (κ1) is 17.5. The number of carbonyl (C=O) groups excluding carboxylic acids is 1. The van der Waals surface area contributed by atoms with Gasteiger partial charge in [-0.2, -0.15) is 0 Å². The number of β-amino-alcohol motifs (C(OH)–C–C–N with tert-alkyl or cyclic N) is 1. The Kier molecular flexibility index (Phi) is 4.85. The Morgan fingerprint density at radius 2 is 1.80 bits per heavy atom. The van der Waals surface area contributed by atoms with E-state index in [1.165, 1.54) is 24.3 Å². The van der Waals surface area contributed by atoms with Gasteiger partial charge in [-0.1, -0.05) is 0 Å². The van der Waals surface area contributed by atoms with Crippen molar-refractivity contribution in [2.45, 2.75) is 17.4 Å². The average Bonchev–Trinajstić information content (AvgIpc) is 2.95. The number of primary sulfonamides is 1. The minimum Gasteiger partial charge on any atom is -0.391 e. The molecule has 7 nitrogen and oxygen atoms in total. The van der Waals surface area contributed by atoms with E-state index in [2.05, 4.69) is 4.98 Å². The molecule has 132 valence electrons. The summed E-state index contributed by atoms with van der Waals surface area (Å²) in [5, 5.41) is 15.3. The molecule has 1 amide bonds. The Morgan fingerprint density at radius 1 is 1.16 bits per heavy atom. The van der Waals surface area contributed by atoms with Gasteiger partial charge in [-0.15, -0.1) is 0 Å². The van der Waals surface area contributed by atoms with Crippen LogP contribution in [-0.4, -0.2) is 48.5 Å². The van der Waals surface area contributed by atoms with Crippen LogP contribution in [0.3, 0.4) is 0 Å². The number of benzene rings is 1. The first-order valence-electron chi connectivity index (χ1n) is 7.83. The highest BCUT2D eigenvalue weighted by Gasteiger charge is 2.34. The van der Waals surface area contributed by atoms with E-state index in [0.717, 1.165) is 5.56 Å². The van der Waals surface area contributed by atoms with Gasteiger partial charge in [0.2, 0.25) is 10.0 Å². The molecule has 0 saturated carbocycles. The summed E-state index contributed by atoms with van der Waals surface area (Å²) < 4.78 is 22.5. The maximum absolute atomic E-state index is 12.6. The number of rotatable bonds is 4. The monoisotopic (exact) mass is 361 g/mol. The molecule has 0 spiro atoms. The number of aliphatic hydroxyl groups is 1. The zero-order chi connectivity index (χ0) is 18.0. The molecule has 0 unspecified atom stereocenters. The quantitative estimate of drug-likeness (QED) is 0.818. The van der Waals surface area contributed by atoms with Gasteiger partial charge in [0, 0.05) is 37.0 Å². The molecule has 2 atom stereocenters. The normalized spacial score (nSPS) is 20.6. The maximum atomic E-state index is 12.6. The smallest absolute Gasteiger partial charge is 0.253 e. The first-order valence-corrected chi connectivity index (χ1v) is 9.38. The second-order valence-electron chi connectivity index (χ2n) is 6.17. The van der Waals surface area contributed by atoms with Crippen molar-refractivity contribution in [1.29, 1.82) is 0 Å². The maximum Gasteiger partial charge on any atom is 0.253 e. The Bertz CT molecular complexity index is 853. The van der Waals surface area contributed by atoms with Crippen LogP contribution in [0.2, 0.25) is 0 Å². The van der Waals surface area contributed by atoms with Crippen LogP contribution in [0.25, 0.3) is 0 Å². The molecule has 8 heteroatoms. The summed E-state index contributed by atoms with van der Waals surface area (Å²) >= 11 is 0. The van der Waals surface area contributed by atoms with E-state index in [9.17, 15) is 18.3 Å². The lowest BCUT2D eigenvalue weighted by Crippen LogP contribution is -2.29. The number of hydrogen-bond donors (Lipinski definition) is 2. The van der Waals surface area contributed by atoms with Gasteiger partial charge >= 0.3 is 0 Å². The molecule has 1 saturated heterocycles. The van der Waals surface area contributed by atoms with Gasteiger partial charge < -0.3 is 10.0 Å². The zero-order valence-electron chi connectivity index (χ0n) is 13.4. The van der Waals surface area contributed by atoms with Crippen LogP contribution in [0.1, 0.15) is 15.9 Å². The predicted octanol–water partition coefficient (Wildman–Crippen LogP) is 0.405. The van der Waals surface area contributed by atoms with Crippen LogP contribution in [0.15, 0.2) is 53.7 Å². The molecular formula is C17H19N3O4S. The van der Waals surface area contributed by atoms with E-state index in [1.54, 1.807) is 17.3 Å². The molecule has 3 rings (SSSR count). The minimum absolute atomic E-state index is 0.0407. The van der Waals surface area contributed by atoms with E-state index in [-0.39, 0.29) is 23.3 Å². The average molecular weight is 361 g/mol. The van der Waals surface area contributed by atoms with Crippen molar-refractivity contribution in [2.24, 2.45) is 11.1 Å². The van der Waals surface area contributed by atoms with Gasteiger partial charge in [-0.05, 0) is 48.4 Å². The summed E-state index contributed by atoms with van der Waals surface area (Å²) in [5.74, 6) is -0.285. The van der Waals surface area contributed by atoms with Crippen molar-refractivity contribution >= 4 is 15.9 Å². The third-order valence-corrected chi connectivity index (χ3v) is 5.30. The molecule has 0 bridgehead atoms. The first-order chi connectivity index (χ1) is 11.8. The third-order valence-electron chi connectivity index (χ3n) is 4.37. The van der Waals surface area contributed by atoms with Crippen molar-refractivity contribution in [1.82, 2.24) is 9.88 Å². The molecular weight excluding hydrogens is 342 g/mol. The predicted molar refractivity (Wildman–Crippen MR) is 91.2 cm³/mol. The number of hydrogen-bond acceptors (Lipinski definition) is 5. The van der Waals surface area contributed by atoms with E-state index >= 15 is 0 Å². The lowest BCUT2D eigenvalue weighted by Gasteiger charge is -2.16. The van der Waals surface area contributed by atoms with E-state index in [4.69, 9.17) is 5.14 Å². The van der Waals surface area contributed by atoms with E-state index < -0.39 is 16.1 Å². The highest BCUT2D eigenvalue weighted by atomic mass is 32.2. The molecule has 0 radical (unpaired) electrons. The van der Waals surface area contributed by atoms with Gasteiger partial charge in [-0.25, -0.2) is 13.6 Å². The number of pyridine rings is 1. The summed E-state index contributed by atoms with van der Waals surface area (Å²) in [6.07, 6.45) is 3.47. The topological polar surface area (TPSA) is 114 Å². The Hall–Kier alpha value is -2.29. The van der Waals surface area contributed by atoms with Crippen molar-refractivity contribution in [2.75, 3.05) is 13.1 Å². The Balaban J connectivity index is 1.69. The number of aliphatic hydroxyl groups excluding tert-OH is 1. The molecule has 1 aromatic carbocycles.